The van der Waals surface area contributed by atoms with Crippen LogP contribution in [0.2, 0.25) is 0 Å². The number of methoxy groups -OCH3 is 1. The van der Waals surface area contributed by atoms with Crippen molar-refractivity contribution in [3.05, 3.63) is 42.1 Å². The standard InChI is InChI=1S/C14H14N6O3/c1-3-19-8-10(12(18-19)14(22)23-2)16-13(21)9-7-11-15-5-4-6-20(11)17-9/h4-8H,3H2,1-2H3,(H,16,21). The number of hydrogen-bond donors (Lipinski definition) is 1. The van der Waals surface area contributed by atoms with Crippen LogP contribution in [-0.4, -0.2) is 43.4 Å². The third kappa shape index (κ3) is 2.76. The lowest BCUT2D eigenvalue weighted by atomic mass is 10.3. The van der Waals surface area contributed by atoms with E-state index in [0.717, 1.165) is 0 Å². The molecule has 0 aliphatic carbocycles. The van der Waals surface area contributed by atoms with Crippen molar-refractivity contribution in [1.29, 1.82) is 0 Å². The molecule has 0 spiro atoms. The van der Waals surface area contributed by atoms with Gasteiger partial charge in [-0.1, -0.05) is 0 Å². The van der Waals surface area contributed by atoms with Gasteiger partial charge in [-0.2, -0.15) is 10.2 Å². The largest absolute Gasteiger partial charge is 0.464 e. The fraction of sp³-hybridized carbons (Fsp3) is 0.214. The highest BCUT2D eigenvalue weighted by molar-refractivity contribution is 6.06. The first-order valence-electron chi connectivity index (χ1n) is 6.90. The van der Waals surface area contributed by atoms with Crippen LogP contribution in [0.1, 0.15) is 27.9 Å². The molecule has 9 heteroatoms. The Morgan fingerprint density at radius 2 is 2.17 bits per heavy atom. The summed E-state index contributed by atoms with van der Waals surface area (Å²) in [5, 5.41) is 10.8. The Kier molecular flexibility index (Phi) is 3.75. The van der Waals surface area contributed by atoms with Gasteiger partial charge in [0.2, 0.25) is 0 Å². The van der Waals surface area contributed by atoms with Crippen molar-refractivity contribution in [3.63, 3.8) is 0 Å². The monoisotopic (exact) mass is 314 g/mol. The van der Waals surface area contributed by atoms with E-state index in [1.807, 2.05) is 6.92 Å². The molecule has 23 heavy (non-hydrogen) atoms. The molecule has 0 saturated carbocycles. The molecule has 0 aliphatic heterocycles. The van der Waals surface area contributed by atoms with E-state index in [1.165, 1.54) is 16.3 Å². The molecular weight excluding hydrogens is 300 g/mol. The Bertz CT molecular complexity index is 849. The number of aromatic nitrogens is 5. The second kappa shape index (κ2) is 5.87. The molecule has 3 aromatic heterocycles. The van der Waals surface area contributed by atoms with Crippen LogP contribution in [0.4, 0.5) is 5.69 Å². The van der Waals surface area contributed by atoms with E-state index >= 15 is 0 Å². The van der Waals surface area contributed by atoms with Crippen LogP contribution in [0.25, 0.3) is 5.65 Å². The minimum Gasteiger partial charge on any atom is -0.464 e. The van der Waals surface area contributed by atoms with E-state index in [4.69, 9.17) is 0 Å². The van der Waals surface area contributed by atoms with Crippen LogP contribution in [0, 0.1) is 0 Å². The lowest BCUT2D eigenvalue weighted by Crippen LogP contribution is -2.15. The molecule has 9 nitrogen and oxygen atoms in total. The minimum absolute atomic E-state index is 0.0459. The molecule has 118 valence electrons. The second-order valence-electron chi connectivity index (χ2n) is 4.64. The molecule has 0 atom stereocenters. The maximum absolute atomic E-state index is 12.3. The molecule has 3 heterocycles. The van der Waals surface area contributed by atoms with Gasteiger partial charge in [-0.3, -0.25) is 9.48 Å². The predicted octanol–water partition coefficient (Wildman–Crippen LogP) is 0.985. The lowest BCUT2D eigenvalue weighted by Gasteiger charge is -2.01. The number of amides is 1. The molecule has 0 fully saturated rings. The molecular formula is C14H14N6O3. The van der Waals surface area contributed by atoms with E-state index in [9.17, 15) is 9.59 Å². The summed E-state index contributed by atoms with van der Waals surface area (Å²) >= 11 is 0. The predicted molar refractivity (Wildman–Crippen MR) is 80.2 cm³/mol. The van der Waals surface area contributed by atoms with Gasteiger partial charge in [0.15, 0.2) is 17.0 Å². The molecule has 3 aromatic rings. The smallest absolute Gasteiger partial charge is 0.360 e. The first-order chi connectivity index (χ1) is 11.1. The number of anilines is 1. The van der Waals surface area contributed by atoms with Crippen molar-refractivity contribution < 1.29 is 14.3 Å². The summed E-state index contributed by atoms with van der Waals surface area (Å²) in [5.41, 5.74) is 1.05. The third-order valence-electron chi connectivity index (χ3n) is 3.18. The summed E-state index contributed by atoms with van der Waals surface area (Å²) in [6, 6.07) is 3.26. The third-order valence-corrected chi connectivity index (χ3v) is 3.18. The van der Waals surface area contributed by atoms with E-state index in [0.29, 0.717) is 12.2 Å². The Balaban J connectivity index is 1.90. The van der Waals surface area contributed by atoms with Crippen molar-refractivity contribution in [3.8, 4) is 0 Å². The Labute approximate surface area is 130 Å². The molecule has 3 rings (SSSR count). The maximum atomic E-state index is 12.3. The fourth-order valence-electron chi connectivity index (χ4n) is 2.05. The quantitative estimate of drug-likeness (QED) is 0.720. The Morgan fingerprint density at radius 1 is 1.35 bits per heavy atom. The number of carbonyl (C=O) groups is 2. The summed E-state index contributed by atoms with van der Waals surface area (Å²) in [7, 11) is 1.26. The van der Waals surface area contributed by atoms with Gasteiger partial charge in [-0.05, 0) is 13.0 Å². The summed E-state index contributed by atoms with van der Waals surface area (Å²) in [6.07, 6.45) is 4.87. The zero-order chi connectivity index (χ0) is 16.4. The summed E-state index contributed by atoms with van der Waals surface area (Å²) < 4.78 is 7.70. The topological polar surface area (TPSA) is 103 Å². The van der Waals surface area contributed by atoms with Crippen molar-refractivity contribution in [2.24, 2.45) is 0 Å². The van der Waals surface area contributed by atoms with Gasteiger partial charge < -0.3 is 10.1 Å². The molecule has 0 aromatic carbocycles. The molecule has 0 bridgehead atoms. The van der Waals surface area contributed by atoms with Crippen LogP contribution in [-0.2, 0) is 11.3 Å². The van der Waals surface area contributed by atoms with E-state index < -0.39 is 11.9 Å². The average molecular weight is 314 g/mol. The molecule has 0 unspecified atom stereocenters. The summed E-state index contributed by atoms with van der Waals surface area (Å²) in [5.74, 6) is -1.08. The number of esters is 1. The molecule has 0 aliphatic rings. The second-order valence-corrected chi connectivity index (χ2v) is 4.64. The van der Waals surface area contributed by atoms with Gasteiger partial charge in [0.25, 0.3) is 5.91 Å². The number of ether oxygens (including phenoxy) is 1. The highest BCUT2D eigenvalue weighted by atomic mass is 16.5. The Hall–Kier alpha value is -3.23. The fourth-order valence-corrected chi connectivity index (χ4v) is 2.05. The van der Waals surface area contributed by atoms with Crippen molar-refractivity contribution in [2.45, 2.75) is 13.5 Å². The average Bonchev–Trinajstić information content (AvgIpc) is 3.17. The number of carbonyl (C=O) groups excluding carboxylic acids is 2. The number of nitrogens with zero attached hydrogens (tertiary/aromatic N) is 5. The van der Waals surface area contributed by atoms with Crippen LogP contribution in [0.3, 0.4) is 0 Å². The van der Waals surface area contributed by atoms with Crippen LogP contribution in [0.15, 0.2) is 30.7 Å². The number of fused-ring (bicyclic) bond motifs is 1. The molecule has 0 saturated heterocycles. The zero-order valence-corrected chi connectivity index (χ0v) is 12.6. The summed E-state index contributed by atoms with van der Waals surface area (Å²) in [4.78, 5) is 28.2. The molecule has 1 amide bonds. The van der Waals surface area contributed by atoms with Crippen molar-refractivity contribution in [1.82, 2.24) is 24.4 Å². The summed E-state index contributed by atoms with van der Waals surface area (Å²) in [6.45, 7) is 2.42. The normalized spacial score (nSPS) is 10.7. The van der Waals surface area contributed by atoms with Crippen LogP contribution in [0.5, 0.6) is 0 Å². The highest BCUT2D eigenvalue weighted by Crippen LogP contribution is 2.16. The molecule has 1 N–H and O–H groups in total. The van der Waals surface area contributed by atoms with Gasteiger partial charge in [0, 0.05) is 31.2 Å². The first kappa shape index (κ1) is 14.7. The van der Waals surface area contributed by atoms with E-state index in [1.54, 1.807) is 30.7 Å². The van der Waals surface area contributed by atoms with Gasteiger partial charge in [-0.15, -0.1) is 0 Å². The van der Waals surface area contributed by atoms with Gasteiger partial charge in [0.1, 0.15) is 0 Å². The van der Waals surface area contributed by atoms with E-state index in [2.05, 4.69) is 25.2 Å². The van der Waals surface area contributed by atoms with Crippen LogP contribution >= 0.6 is 0 Å². The number of hydrogen-bond acceptors (Lipinski definition) is 6. The Morgan fingerprint density at radius 3 is 2.87 bits per heavy atom. The maximum Gasteiger partial charge on any atom is 0.360 e. The van der Waals surface area contributed by atoms with Crippen molar-refractivity contribution in [2.75, 3.05) is 12.4 Å². The number of aryl methyl sites for hydroxylation is 1. The van der Waals surface area contributed by atoms with Crippen molar-refractivity contribution >= 4 is 23.2 Å². The number of nitrogens with one attached hydrogen (secondary N) is 1. The highest BCUT2D eigenvalue weighted by Gasteiger charge is 2.20. The SMILES string of the molecule is CCn1cc(NC(=O)c2cc3ncccn3n2)c(C(=O)OC)n1. The van der Waals surface area contributed by atoms with Gasteiger partial charge >= 0.3 is 5.97 Å². The number of rotatable bonds is 4. The van der Waals surface area contributed by atoms with E-state index in [-0.39, 0.29) is 17.1 Å². The van der Waals surface area contributed by atoms with Gasteiger partial charge in [-0.25, -0.2) is 14.3 Å². The zero-order valence-electron chi connectivity index (χ0n) is 12.6. The lowest BCUT2D eigenvalue weighted by molar-refractivity contribution is 0.0594. The first-order valence-corrected chi connectivity index (χ1v) is 6.90. The molecule has 0 radical (unpaired) electrons. The van der Waals surface area contributed by atoms with Gasteiger partial charge in [0.05, 0.1) is 12.8 Å². The minimum atomic E-state index is -0.621. The van der Waals surface area contributed by atoms with Crippen LogP contribution < -0.4 is 5.32 Å².